The molecule has 1 unspecified atom stereocenters. The number of methoxy groups -OCH3 is 1. The molecule has 0 heterocycles. The van der Waals surface area contributed by atoms with Crippen molar-refractivity contribution in [2.75, 3.05) is 21.3 Å². The molecule has 0 fully saturated rings. The minimum Gasteiger partial charge on any atom is -0.508 e. The van der Waals surface area contributed by atoms with E-state index in [9.17, 15) is 0 Å². The van der Waals surface area contributed by atoms with E-state index in [1.807, 2.05) is 12.1 Å². The Bertz CT molecular complexity index is 297. The molecule has 5 nitrogen and oxygen atoms in total. The number of phenols is 1. The third-order valence-electron chi connectivity index (χ3n) is 2.21. The topological polar surface area (TPSA) is 51.2 Å². The van der Waals surface area contributed by atoms with E-state index in [-0.39, 0.29) is 12.0 Å². The third kappa shape index (κ3) is 3.46. The molecule has 0 saturated carbocycles. The highest BCUT2D eigenvalue weighted by atomic mass is 17.0. The van der Waals surface area contributed by atoms with Gasteiger partial charge in [-0.15, -0.1) is 0 Å². The van der Waals surface area contributed by atoms with Gasteiger partial charge in [-0.3, -0.25) is 9.68 Å². The smallest absolute Gasteiger partial charge is 0.163 e. The number of ether oxygens (including phenoxy) is 1. The number of hydrogen-bond donors (Lipinski definition) is 1. The Hall–Kier alpha value is -1.14. The fraction of sp³-hybridized carbons (Fsp3) is 0.455. The van der Waals surface area contributed by atoms with Crippen LogP contribution in [0.1, 0.15) is 5.56 Å². The minimum atomic E-state index is -0.334. The quantitative estimate of drug-likeness (QED) is 0.587. The zero-order chi connectivity index (χ0) is 12.0. The lowest BCUT2D eigenvalue weighted by Crippen LogP contribution is -2.36. The summed E-state index contributed by atoms with van der Waals surface area (Å²) in [5.41, 5.74) is 1.02. The molecule has 0 aromatic heterocycles. The summed E-state index contributed by atoms with van der Waals surface area (Å²) in [7, 11) is 4.59. The minimum absolute atomic E-state index is 0.244. The lowest BCUT2D eigenvalue weighted by atomic mass is 10.1. The second-order valence-corrected chi connectivity index (χ2v) is 3.21. The maximum atomic E-state index is 9.16. The van der Waals surface area contributed by atoms with Gasteiger partial charge in [-0.2, -0.15) is 0 Å². The Morgan fingerprint density at radius 1 is 1.12 bits per heavy atom. The summed E-state index contributed by atoms with van der Waals surface area (Å²) in [5.74, 6) is 0.244. The highest BCUT2D eigenvalue weighted by Crippen LogP contribution is 2.14. The summed E-state index contributed by atoms with van der Waals surface area (Å²) in [6.07, 6.45) is 0.262. The molecular weight excluding hydrogens is 210 g/mol. The third-order valence-corrected chi connectivity index (χ3v) is 2.21. The van der Waals surface area contributed by atoms with Crippen LogP contribution in [0.15, 0.2) is 24.3 Å². The van der Waals surface area contributed by atoms with Crippen molar-refractivity contribution in [2.24, 2.45) is 0 Å². The van der Waals surface area contributed by atoms with Gasteiger partial charge in [0.2, 0.25) is 0 Å². The van der Waals surface area contributed by atoms with Gasteiger partial charge >= 0.3 is 0 Å². The lowest BCUT2D eigenvalue weighted by Gasteiger charge is -2.25. The van der Waals surface area contributed by atoms with E-state index in [0.717, 1.165) is 5.56 Å². The molecule has 16 heavy (non-hydrogen) atoms. The number of phenolic OH excluding ortho intramolecular Hbond substituents is 1. The second kappa shape index (κ2) is 6.44. The zero-order valence-electron chi connectivity index (χ0n) is 9.71. The van der Waals surface area contributed by atoms with Crippen LogP contribution in [-0.4, -0.2) is 37.9 Å². The van der Waals surface area contributed by atoms with Gasteiger partial charge in [0.15, 0.2) is 6.23 Å². The Balaban J connectivity index is 2.65. The van der Waals surface area contributed by atoms with Crippen LogP contribution < -0.4 is 0 Å². The first-order chi connectivity index (χ1) is 7.71. The first kappa shape index (κ1) is 12.9. The van der Waals surface area contributed by atoms with E-state index < -0.39 is 0 Å². The molecule has 1 aromatic carbocycles. The second-order valence-electron chi connectivity index (χ2n) is 3.21. The number of rotatable bonds is 6. The zero-order valence-corrected chi connectivity index (χ0v) is 9.71. The molecule has 1 rings (SSSR count). The summed E-state index contributed by atoms with van der Waals surface area (Å²) in [6, 6.07) is 6.91. The van der Waals surface area contributed by atoms with Gasteiger partial charge in [-0.1, -0.05) is 12.1 Å². The highest BCUT2D eigenvalue weighted by molar-refractivity contribution is 5.26. The maximum absolute atomic E-state index is 9.16. The molecule has 0 saturated heterocycles. The van der Waals surface area contributed by atoms with Gasteiger partial charge in [-0.05, 0) is 22.9 Å². The molecule has 0 aliphatic carbocycles. The molecular formula is C11H17NO4. The average Bonchev–Trinajstić information content (AvgIpc) is 2.32. The van der Waals surface area contributed by atoms with E-state index in [1.54, 1.807) is 19.2 Å². The fourth-order valence-electron chi connectivity index (χ4n) is 1.39. The standard InChI is InChI=1S/C11H17NO4/c1-14-11(12(15-2)16-3)8-9-4-6-10(13)7-5-9/h4-7,11,13H,8H2,1-3H3. The summed E-state index contributed by atoms with van der Waals surface area (Å²) in [6.45, 7) is 0. The largest absolute Gasteiger partial charge is 0.508 e. The van der Waals surface area contributed by atoms with Gasteiger partial charge in [0.1, 0.15) is 5.75 Å². The average molecular weight is 227 g/mol. The van der Waals surface area contributed by atoms with Crippen molar-refractivity contribution in [3.8, 4) is 5.75 Å². The van der Waals surface area contributed by atoms with Crippen LogP contribution in [-0.2, 0) is 20.8 Å². The molecule has 1 atom stereocenters. The van der Waals surface area contributed by atoms with Gasteiger partial charge in [-0.25, -0.2) is 0 Å². The van der Waals surface area contributed by atoms with E-state index >= 15 is 0 Å². The first-order valence-electron chi connectivity index (χ1n) is 4.89. The number of aromatic hydroxyl groups is 1. The van der Waals surface area contributed by atoms with E-state index in [0.29, 0.717) is 6.42 Å². The SMILES string of the molecule is COC(Cc1ccc(O)cc1)N(OC)OC. The summed E-state index contributed by atoms with van der Waals surface area (Å²) < 4.78 is 5.24. The molecule has 0 aliphatic heterocycles. The van der Waals surface area contributed by atoms with Crippen molar-refractivity contribution in [3.63, 3.8) is 0 Å². The highest BCUT2D eigenvalue weighted by Gasteiger charge is 2.18. The van der Waals surface area contributed by atoms with E-state index in [1.165, 1.54) is 19.4 Å². The van der Waals surface area contributed by atoms with Gasteiger partial charge in [0, 0.05) is 13.5 Å². The monoisotopic (exact) mass is 227 g/mol. The summed E-state index contributed by atoms with van der Waals surface area (Å²) >= 11 is 0. The number of nitrogens with zero attached hydrogens (tertiary/aromatic N) is 1. The van der Waals surface area contributed by atoms with Crippen LogP contribution in [0, 0.1) is 0 Å². The lowest BCUT2D eigenvalue weighted by molar-refractivity contribution is -0.400. The van der Waals surface area contributed by atoms with Crippen LogP contribution in [0.25, 0.3) is 0 Å². The predicted molar refractivity (Wildman–Crippen MR) is 58.5 cm³/mol. The van der Waals surface area contributed by atoms with E-state index in [2.05, 4.69) is 0 Å². The van der Waals surface area contributed by atoms with Gasteiger partial charge < -0.3 is 9.84 Å². The summed E-state index contributed by atoms with van der Waals surface area (Å²) in [4.78, 5) is 9.97. The van der Waals surface area contributed by atoms with Crippen LogP contribution in [0.4, 0.5) is 0 Å². The molecule has 90 valence electrons. The molecule has 0 radical (unpaired) electrons. The Kier molecular flexibility index (Phi) is 5.21. The normalized spacial score (nSPS) is 13.0. The number of hydrogen-bond acceptors (Lipinski definition) is 5. The number of benzene rings is 1. The number of hydroxylamine groups is 2. The van der Waals surface area contributed by atoms with Crippen LogP contribution in [0.2, 0.25) is 0 Å². The molecule has 1 N–H and O–H groups in total. The molecule has 1 aromatic rings. The molecule has 5 heteroatoms. The van der Waals surface area contributed by atoms with Gasteiger partial charge in [0.25, 0.3) is 0 Å². The Labute approximate surface area is 95.1 Å². The Morgan fingerprint density at radius 2 is 1.69 bits per heavy atom. The Morgan fingerprint density at radius 3 is 2.12 bits per heavy atom. The predicted octanol–water partition coefficient (Wildman–Crippen LogP) is 1.33. The van der Waals surface area contributed by atoms with Crippen molar-refractivity contribution >= 4 is 0 Å². The van der Waals surface area contributed by atoms with Gasteiger partial charge in [0.05, 0.1) is 14.2 Å². The van der Waals surface area contributed by atoms with Crippen molar-refractivity contribution < 1.29 is 19.5 Å². The molecule has 0 spiro atoms. The fourth-order valence-corrected chi connectivity index (χ4v) is 1.39. The van der Waals surface area contributed by atoms with E-state index in [4.69, 9.17) is 19.5 Å². The van der Waals surface area contributed by atoms with Crippen molar-refractivity contribution in [1.29, 1.82) is 0 Å². The summed E-state index contributed by atoms with van der Waals surface area (Å²) in [5, 5.41) is 10.4. The van der Waals surface area contributed by atoms with Crippen molar-refractivity contribution in [1.82, 2.24) is 5.23 Å². The van der Waals surface area contributed by atoms with Crippen LogP contribution in [0.3, 0.4) is 0 Å². The van der Waals surface area contributed by atoms with Crippen molar-refractivity contribution in [2.45, 2.75) is 12.6 Å². The van der Waals surface area contributed by atoms with Crippen LogP contribution >= 0.6 is 0 Å². The molecule has 0 aliphatic rings. The molecule has 0 amide bonds. The molecule has 0 bridgehead atoms. The first-order valence-corrected chi connectivity index (χ1v) is 4.89. The maximum Gasteiger partial charge on any atom is 0.163 e. The van der Waals surface area contributed by atoms with Crippen LogP contribution in [0.5, 0.6) is 5.75 Å². The van der Waals surface area contributed by atoms with Crippen molar-refractivity contribution in [3.05, 3.63) is 29.8 Å².